The zero-order chi connectivity index (χ0) is 12.3. The molecule has 2 atom stereocenters. The first kappa shape index (κ1) is 12.8. The van der Waals surface area contributed by atoms with Crippen molar-refractivity contribution < 1.29 is 5.11 Å². The van der Waals surface area contributed by atoms with Crippen LogP contribution in [-0.4, -0.2) is 34.2 Å². The van der Waals surface area contributed by atoms with Crippen LogP contribution in [0.25, 0.3) is 0 Å². The van der Waals surface area contributed by atoms with Crippen molar-refractivity contribution in [3.63, 3.8) is 0 Å². The average molecular weight is 255 g/mol. The van der Waals surface area contributed by atoms with Crippen molar-refractivity contribution in [1.29, 1.82) is 0 Å². The summed E-state index contributed by atoms with van der Waals surface area (Å²) in [6.45, 7) is 4.77. The van der Waals surface area contributed by atoms with Crippen LogP contribution >= 0.6 is 11.6 Å². The molecule has 0 aliphatic carbocycles. The van der Waals surface area contributed by atoms with Crippen molar-refractivity contribution in [2.75, 3.05) is 13.1 Å². The maximum atomic E-state index is 9.65. The number of likely N-dealkylation sites (tertiary alicyclic amines) is 1. The number of nitrogens with zero attached hydrogens (tertiary/aromatic N) is 2. The third-order valence-electron chi connectivity index (χ3n) is 3.47. The van der Waals surface area contributed by atoms with E-state index in [1.807, 2.05) is 13.0 Å². The Bertz CT molecular complexity index is 370. The van der Waals surface area contributed by atoms with Gasteiger partial charge in [-0.25, -0.2) is 0 Å². The van der Waals surface area contributed by atoms with E-state index >= 15 is 0 Å². The zero-order valence-corrected chi connectivity index (χ0v) is 10.9. The number of rotatable bonds is 3. The highest BCUT2D eigenvalue weighted by Gasteiger charge is 2.23. The van der Waals surface area contributed by atoms with Crippen LogP contribution in [0.2, 0.25) is 5.02 Å². The fraction of sp³-hybridized carbons (Fsp3) is 0.615. The Morgan fingerprint density at radius 3 is 3.18 bits per heavy atom. The summed E-state index contributed by atoms with van der Waals surface area (Å²) in [5.41, 5.74) is 1.12. The molecule has 1 fully saturated rings. The van der Waals surface area contributed by atoms with Crippen LogP contribution < -0.4 is 0 Å². The summed E-state index contributed by atoms with van der Waals surface area (Å²) in [5, 5.41) is 10.4. The molecule has 2 rings (SSSR count). The van der Waals surface area contributed by atoms with Gasteiger partial charge in [0.15, 0.2) is 0 Å². The van der Waals surface area contributed by atoms with E-state index in [0.717, 1.165) is 43.1 Å². The van der Waals surface area contributed by atoms with E-state index in [1.165, 1.54) is 0 Å². The van der Waals surface area contributed by atoms with Crippen molar-refractivity contribution in [2.24, 2.45) is 5.92 Å². The van der Waals surface area contributed by atoms with E-state index in [9.17, 15) is 5.11 Å². The minimum Gasteiger partial charge on any atom is -0.393 e. The lowest BCUT2D eigenvalue weighted by Gasteiger charge is -2.34. The van der Waals surface area contributed by atoms with E-state index < -0.39 is 0 Å². The van der Waals surface area contributed by atoms with Gasteiger partial charge in [0, 0.05) is 25.5 Å². The van der Waals surface area contributed by atoms with Gasteiger partial charge < -0.3 is 5.11 Å². The maximum Gasteiger partial charge on any atom is 0.0634 e. The average Bonchev–Trinajstić information content (AvgIpc) is 2.32. The van der Waals surface area contributed by atoms with E-state index in [-0.39, 0.29) is 6.10 Å². The molecule has 2 heterocycles. The summed E-state index contributed by atoms with van der Waals surface area (Å²) >= 11 is 6.10. The van der Waals surface area contributed by atoms with Crippen molar-refractivity contribution in [3.05, 3.63) is 29.0 Å². The first-order valence-electron chi connectivity index (χ1n) is 6.15. The molecule has 1 saturated heterocycles. The molecule has 0 spiro atoms. The summed E-state index contributed by atoms with van der Waals surface area (Å²) in [4.78, 5) is 6.35. The minimum absolute atomic E-state index is 0.217. The van der Waals surface area contributed by atoms with Gasteiger partial charge in [-0.2, -0.15) is 0 Å². The molecule has 1 aromatic heterocycles. The van der Waals surface area contributed by atoms with Crippen LogP contribution in [0, 0.1) is 5.92 Å². The monoisotopic (exact) mass is 254 g/mol. The Balaban J connectivity index is 1.97. The van der Waals surface area contributed by atoms with Gasteiger partial charge in [0.1, 0.15) is 0 Å². The topological polar surface area (TPSA) is 36.4 Å². The molecule has 0 aromatic carbocycles. The summed E-state index contributed by atoms with van der Waals surface area (Å²) in [6.07, 6.45) is 5.52. The normalized spacial score (nSPS) is 23.6. The number of halogens is 1. The highest BCUT2D eigenvalue weighted by molar-refractivity contribution is 6.31. The maximum absolute atomic E-state index is 9.65. The zero-order valence-electron chi connectivity index (χ0n) is 10.1. The molecule has 4 heteroatoms. The molecule has 3 nitrogen and oxygen atoms in total. The lowest BCUT2D eigenvalue weighted by Crippen LogP contribution is -2.39. The van der Waals surface area contributed by atoms with Crippen LogP contribution in [-0.2, 0) is 6.54 Å². The summed E-state index contributed by atoms with van der Waals surface area (Å²) < 4.78 is 0. The number of pyridine rings is 1. The van der Waals surface area contributed by atoms with Crippen LogP contribution in [0.3, 0.4) is 0 Å². The van der Waals surface area contributed by atoms with Crippen molar-refractivity contribution in [2.45, 2.75) is 32.4 Å². The molecule has 2 unspecified atom stereocenters. The molecule has 0 saturated carbocycles. The first-order valence-corrected chi connectivity index (χ1v) is 6.53. The number of piperidine rings is 1. The van der Waals surface area contributed by atoms with Gasteiger partial charge >= 0.3 is 0 Å². The quantitative estimate of drug-likeness (QED) is 0.900. The second-order valence-corrected chi connectivity index (χ2v) is 5.25. The van der Waals surface area contributed by atoms with Gasteiger partial charge in [-0.1, -0.05) is 11.6 Å². The SMILES string of the molecule is CC(O)C1CCCN(Cc2ccncc2Cl)C1. The number of aromatic nitrogens is 1. The van der Waals surface area contributed by atoms with Crippen LogP contribution in [0.15, 0.2) is 18.5 Å². The Labute approximate surface area is 107 Å². The van der Waals surface area contributed by atoms with Gasteiger partial charge in [-0.05, 0) is 43.9 Å². The van der Waals surface area contributed by atoms with Crippen LogP contribution in [0.4, 0.5) is 0 Å². The summed E-state index contributed by atoms with van der Waals surface area (Å²) in [5.74, 6) is 0.393. The van der Waals surface area contributed by atoms with Crippen molar-refractivity contribution >= 4 is 11.6 Å². The molecule has 1 aromatic rings. The molecule has 1 aliphatic rings. The molecule has 0 amide bonds. The van der Waals surface area contributed by atoms with E-state index in [2.05, 4.69) is 9.88 Å². The van der Waals surface area contributed by atoms with E-state index in [0.29, 0.717) is 5.92 Å². The molecular formula is C13H19ClN2O. The number of hydrogen-bond acceptors (Lipinski definition) is 3. The lowest BCUT2D eigenvalue weighted by atomic mass is 9.93. The lowest BCUT2D eigenvalue weighted by molar-refractivity contribution is 0.0599. The molecule has 0 bridgehead atoms. The van der Waals surface area contributed by atoms with E-state index in [1.54, 1.807) is 12.4 Å². The summed E-state index contributed by atoms with van der Waals surface area (Å²) in [6, 6.07) is 1.97. The molecule has 1 aliphatic heterocycles. The van der Waals surface area contributed by atoms with Crippen molar-refractivity contribution in [1.82, 2.24) is 9.88 Å². The predicted molar refractivity (Wildman–Crippen MR) is 68.9 cm³/mol. The van der Waals surface area contributed by atoms with E-state index in [4.69, 9.17) is 11.6 Å². The second-order valence-electron chi connectivity index (χ2n) is 4.85. The number of aliphatic hydroxyl groups is 1. The van der Waals surface area contributed by atoms with Gasteiger partial charge in [0.2, 0.25) is 0 Å². The number of aliphatic hydroxyl groups excluding tert-OH is 1. The minimum atomic E-state index is -0.217. The largest absolute Gasteiger partial charge is 0.393 e. The standard InChI is InChI=1S/C13H19ClN2O/c1-10(17)11-3-2-6-16(8-11)9-12-4-5-15-7-13(12)14/h4-5,7,10-11,17H,2-3,6,8-9H2,1H3. The van der Waals surface area contributed by atoms with Crippen LogP contribution in [0.5, 0.6) is 0 Å². The second kappa shape index (κ2) is 5.80. The van der Waals surface area contributed by atoms with Gasteiger partial charge in [-0.3, -0.25) is 9.88 Å². The fourth-order valence-electron chi connectivity index (χ4n) is 2.40. The molecule has 0 radical (unpaired) electrons. The third-order valence-corrected chi connectivity index (χ3v) is 3.81. The first-order chi connectivity index (χ1) is 8.16. The highest BCUT2D eigenvalue weighted by Crippen LogP contribution is 2.23. The number of hydrogen-bond donors (Lipinski definition) is 1. The molecule has 1 N–H and O–H groups in total. The Morgan fingerprint density at radius 1 is 1.65 bits per heavy atom. The van der Waals surface area contributed by atoms with Gasteiger partial charge in [-0.15, -0.1) is 0 Å². The third kappa shape index (κ3) is 3.41. The van der Waals surface area contributed by atoms with Gasteiger partial charge in [0.25, 0.3) is 0 Å². The fourth-order valence-corrected chi connectivity index (χ4v) is 2.58. The van der Waals surface area contributed by atoms with Crippen LogP contribution in [0.1, 0.15) is 25.3 Å². The molecule has 94 valence electrons. The molecular weight excluding hydrogens is 236 g/mol. The Hall–Kier alpha value is -0.640. The highest BCUT2D eigenvalue weighted by atomic mass is 35.5. The van der Waals surface area contributed by atoms with Crippen molar-refractivity contribution in [3.8, 4) is 0 Å². The smallest absolute Gasteiger partial charge is 0.0634 e. The summed E-state index contributed by atoms with van der Waals surface area (Å²) in [7, 11) is 0. The Morgan fingerprint density at radius 2 is 2.47 bits per heavy atom. The predicted octanol–water partition coefficient (Wildman–Crippen LogP) is 2.33. The van der Waals surface area contributed by atoms with Gasteiger partial charge in [0.05, 0.1) is 11.1 Å². The Kier molecular flexibility index (Phi) is 4.37. The molecule has 17 heavy (non-hydrogen) atoms.